The van der Waals surface area contributed by atoms with Gasteiger partial charge in [-0.15, -0.1) is 0 Å². The number of hydrogen-bond acceptors (Lipinski definition) is 6. The van der Waals surface area contributed by atoms with E-state index in [1.807, 2.05) is 13.0 Å². The third kappa shape index (κ3) is 5.30. The summed E-state index contributed by atoms with van der Waals surface area (Å²) >= 11 is 6.88. The summed E-state index contributed by atoms with van der Waals surface area (Å²) in [6, 6.07) is 15.5. The first kappa shape index (κ1) is 22.7. The molecule has 1 aliphatic rings. The number of carbonyl (C=O) groups is 2. The van der Waals surface area contributed by atoms with Crippen LogP contribution in [0.15, 0.2) is 75.8 Å². The number of amides is 2. The first-order valence-electron chi connectivity index (χ1n) is 9.81. The van der Waals surface area contributed by atoms with Crippen LogP contribution in [0.25, 0.3) is 6.08 Å². The summed E-state index contributed by atoms with van der Waals surface area (Å²) in [5, 5.41) is 18.7. The molecule has 0 unspecified atom stereocenters. The Bertz CT molecular complexity index is 1310. The molecule has 6 nitrogen and oxygen atoms in total. The van der Waals surface area contributed by atoms with Crippen LogP contribution in [0.1, 0.15) is 16.7 Å². The number of hydrogen-bond donors (Lipinski definition) is 1. The van der Waals surface area contributed by atoms with Crippen LogP contribution in [0.5, 0.6) is 5.75 Å². The van der Waals surface area contributed by atoms with Crippen molar-refractivity contribution in [2.45, 2.75) is 13.5 Å². The molecule has 1 N–H and O–H groups in total. The van der Waals surface area contributed by atoms with Crippen LogP contribution in [-0.4, -0.2) is 21.2 Å². The zero-order valence-electron chi connectivity index (χ0n) is 17.3. The number of carbonyl (C=O) groups excluding carboxylic acids is 2. The van der Waals surface area contributed by atoms with Crippen molar-refractivity contribution in [1.29, 1.82) is 0 Å². The molecule has 0 saturated carbocycles. The van der Waals surface area contributed by atoms with Gasteiger partial charge in [-0.2, -0.15) is 10.2 Å². The molecule has 0 aromatic heterocycles. The van der Waals surface area contributed by atoms with Crippen LogP contribution < -0.4 is 0 Å². The lowest BCUT2D eigenvalue weighted by atomic mass is 10.1. The highest BCUT2D eigenvalue weighted by Crippen LogP contribution is 2.36. The van der Waals surface area contributed by atoms with Crippen molar-refractivity contribution >= 4 is 52.0 Å². The van der Waals surface area contributed by atoms with E-state index in [1.54, 1.807) is 24.3 Å². The molecule has 0 radical (unpaired) electrons. The van der Waals surface area contributed by atoms with Gasteiger partial charge >= 0.3 is 0 Å². The van der Waals surface area contributed by atoms with E-state index in [9.17, 15) is 19.1 Å². The van der Waals surface area contributed by atoms with E-state index in [1.165, 1.54) is 36.4 Å². The predicted molar refractivity (Wildman–Crippen MR) is 126 cm³/mol. The second kappa shape index (κ2) is 9.56. The highest BCUT2D eigenvalue weighted by atomic mass is 35.5. The van der Waals surface area contributed by atoms with Gasteiger partial charge in [0, 0.05) is 10.6 Å². The van der Waals surface area contributed by atoms with Gasteiger partial charge in [-0.1, -0.05) is 29.8 Å². The summed E-state index contributed by atoms with van der Waals surface area (Å²) in [5.41, 5.74) is 2.89. The Morgan fingerprint density at radius 3 is 2.39 bits per heavy atom. The van der Waals surface area contributed by atoms with Gasteiger partial charge in [0.2, 0.25) is 0 Å². The topological polar surface area (TPSA) is 82.3 Å². The average molecular weight is 482 g/mol. The second-order valence-electron chi connectivity index (χ2n) is 7.27. The van der Waals surface area contributed by atoms with Crippen molar-refractivity contribution in [3.05, 3.63) is 93.1 Å². The third-order valence-electron chi connectivity index (χ3n) is 4.86. The Morgan fingerprint density at radius 1 is 1.03 bits per heavy atom. The molecular weight excluding hydrogens is 465 g/mol. The third-order valence-corrected chi connectivity index (χ3v) is 6.18. The van der Waals surface area contributed by atoms with E-state index < -0.39 is 17.0 Å². The van der Waals surface area contributed by atoms with Gasteiger partial charge in [0.15, 0.2) is 0 Å². The lowest BCUT2D eigenvalue weighted by molar-refractivity contribution is -0.123. The normalized spacial score (nSPS) is 15.2. The fourth-order valence-electron chi connectivity index (χ4n) is 3.03. The van der Waals surface area contributed by atoms with Gasteiger partial charge in [-0.3, -0.25) is 14.5 Å². The maximum atomic E-state index is 13.1. The van der Waals surface area contributed by atoms with Crippen LogP contribution in [0, 0.1) is 12.7 Å². The molecule has 1 aliphatic heterocycles. The predicted octanol–water partition coefficient (Wildman–Crippen LogP) is 7.15. The highest BCUT2D eigenvalue weighted by molar-refractivity contribution is 8.18. The molecule has 2 amide bonds. The smallest absolute Gasteiger partial charge is 0.293 e. The van der Waals surface area contributed by atoms with Crippen LogP contribution in [-0.2, 0) is 11.3 Å². The maximum absolute atomic E-state index is 13.1. The van der Waals surface area contributed by atoms with Gasteiger partial charge in [-0.05, 0) is 78.4 Å². The molecular formula is C24H17ClFN3O3S. The minimum Gasteiger partial charge on any atom is -0.507 e. The Balaban J connectivity index is 1.55. The zero-order valence-corrected chi connectivity index (χ0v) is 18.9. The minimum absolute atomic E-state index is 0.0294. The van der Waals surface area contributed by atoms with Crippen LogP contribution in [0.4, 0.5) is 20.6 Å². The number of nitrogens with zero attached hydrogens (tertiary/aromatic N) is 3. The van der Waals surface area contributed by atoms with Crippen molar-refractivity contribution < 1.29 is 19.1 Å². The summed E-state index contributed by atoms with van der Waals surface area (Å²) in [6.07, 6.45) is 1.44. The van der Waals surface area contributed by atoms with Crippen molar-refractivity contribution in [2.75, 3.05) is 0 Å². The zero-order chi connectivity index (χ0) is 23.5. The molecule has 3 aromatic carbocycles. The van der Waals surface area contributed by atoms with Crippen LogP contribution >= 0.6 is 23.4 Å². The second-order valence-corrected chi connectivity index (χ2v) is 8.67. The summed E-state index contributed by atoms with van der Waals surface area (Å²) in [5.74, 6) is -0.960. The number of aryl methyl sites for hydroxylation is 1. The first-order valence-corrected chi connectivity index (χ1v) is 11.0. The van der Waals surface area contributed by atoms with E-state index >= 15 is 0 Å². The average Bonchev–Trinajstić information content (AvgIpc) is 3.05. The molecule has 9 heteroatoms. The molecule has 0 bridgehead atoms. The minimum atomic E-state index is -0.491. The number of azo groups is 1. The molecule has 1 fully saturated rings. The van der Waals surface area contributed by atoms with Gasteiger partial charge in [0.25, 0.3) is 11.1 Å². The molecule has 33 heavy (non-hydrogen) atoms. The van der Waals surface area contributed by atoms with Crippen LogP contribution in [0.3, 0.4) is 0 Å². The Hall–Kier alpha value is -3.49. The molecule has 1 heterocycles. The van der Waals surface area contributed by atoms with E-state index in [2.05, 4.69) is 10.2 Å². The van der Waals surface area contributed by atoms with E-state index in [4.69, 9.17) is 11.6 Å². The van der Waals surface area contributed by atoms with Crippen molar-refractivity contribution in [2.24, 2.45) is 10.2 Å². The van der Waals surface area contributed by atoms with Crippen molar-refractivity contribution in [3.8, 4) is 5.75 Å². The van der Waals surface area contributed by atoms with Gasteiger partial charge in [0.05, 0.1) is 22.8 Å². The number of rotatable bonds is 5. The van der Waals surface area contributed by atoms with E-state index in [0.29, 0.717) is 27.5 Å². The fourth-order valence-corrected chi connectivity index (χ4v) is 4.03. The largest absolute Gasteiger partial charge is 0.507 e. The standard InChI is InChI=1S/C24H17ClFN3O3S/c1-14-2-7-19(12-20(14)25)28-27-18-8-9-21(30)16(10-18)11-22-23(31)29(24(32)33-22)13-15-3-5-17(26)6-4-15/h2-12,30H,13H2,1H3/b22-11-,28-27?. The monoisotopic (exact) mass is 481 g/mol. The number of benzene rings is 3. The summed E-state index contributed by atoms with van der Waals surface area (Å²) in [6.45, 7) is 1.92. The molecule has 3 aromatic rings. The van der Waals surface area contributed by atoms with E-state index in [-0.39, 0.29) is 17.2 Å². The highest BCUT2D eigenvalue weighted by Gasteiger charge is 2.35. The van der Waals surface area contributed by atoms with Crippen molar-refractivity contribution in [1.82, 2.24) is 4.90 Å². The summed E-state index contributed by atoms with van der Waals surface area (Å²) < 4.78 is 13.1. The molecule has 166 valence electrons. The molecule has 1 saturated heterocycles. The molecule has 0 aliphatic carbocycles. The molecule has 0 spiro atoms. The van der Waals surface area contributed by atoms with Gasteiger partial charge < -0.3 is 5.11 Å². The number of phenols is 1. The number of halogens is 2. The summed E-state index contributed by atoms with van der Waals surface area (Å²) in [4.78, 5) is 26.4. The van der Waals surface area contributed by atoms with Gasteiger partial charge in [0.1, 0.15) is 11.6 Å². The van der Waals surface area contributed by atoms with Gasteiger partial charge in [-0.25, -0.2) is 4.39 Å². The first-order chi connectivity index (χ1) is 15.8. The Morgan fingerprint density at radius 2 is 1.70 bits per heavy atom. The number of aromatic hydroxyl groups is 1. The maximum Gasteiger partial charge on any atom is 0.293 e. The quantitative estimate of drug-likeness (QED) is 0.310. The SMILES string of the molecule is Cc1ccc(N=Nc2ccc(O)c(/C=C3\SC(=O)N(Cc4ccc(F)cc4)C3=O)c2)cc1Cl. The molecule has 0 atom stereocenters. The van der Waals surface area contributed by atoms with Crippen molar-refractivity contribution in [3.63, 3.8) is 0 Å². The molecule has 4 rings (SSSR count). The number of imide groups is 1. The van der Waals surface area contributed by atoms with E-state index in [0.717, 1.165) is 22.2 Å². The lowest BCUT2D eigenvalue weighted by Crippen LogP contribution is -2.27. The number of phenolic OH excluding ortho intramolecular Hbond substituents is 1. The Kier molecular flexibility index (Phi) is 6.57. The number of thioether (sulfide) groups is 1. The summed E-state index contributed by atoms with van der Waals surface area (Å²) in [7, 11) is 0. The lowest BCUT2D eigenvalue weighted by Gasteiger charge is -2.12. The fraction of sp³-hybridized carbons (Fsp3) is 0.0833. The van der Waals surface area contributed by atoms with Crippen LogP contribution in [0.2, 0.25) is 5.02 Å². The Labute approximate surface area is 198 Å².